The van der Waals surface area contributed by atoms with E-state index in [1.807, 2.05) is 23.9 Å². The lowest BCUT2D eigenvalue weighted by atomic mass is 10.3. The molecule has 0 fully saturated rings. The van der Waals surface area contributed by atoms with Crippen LogP contribution < -0.4 is 15.8 Å². The van der Waals surface area contributed by atoms with Gasteiger partial charge in [0.25, 0.3) is 0 Å². The van der Waals surface area contributed by atoms with Gasteiger partial charge < -0.3 is 15.8 Å². The van der Waals surface area contributed by atoms with Crippen LogP contribution >= 0.6 is 11.5 Å². The first-order chi connectivity index (χ1) is 8.70. The van der Waals surface area contributed by atoms with E-state index in [4.69, 9.17) is 10.5 Å². The van der Waals surface area contributed by atoms with Gasteiger partial charge in [0.2, 0.25) is 0 Å². The standard InChI is InChI=1S/C11H17N5OS/c1-3-17-9-10(12)15-18-11(9)14-8(2)7-16-6-4-5-13-16/h4-6,8,14H,3,7H2,1-2H3,(H2,12,15). The van der Waals surface area contributed by atoms with Crippen molar-refractivity contribution in [1.29, 1.82) is 0 Å². The summed E-state index contributed by atoms with van der Waals surface area (Å²) in [6.07, 6.45) is 3.70. The summed E-state index contributed by atoms with van der Waals surface area (Å²) >= 11 is 1.32. The molecule has 0 bridgehead atoms. The van der Waals surface area contributed by atoms with Crippen molar-refractivity contribution in [2.45, 2.75) is 26.4 Å². The zero-order chi connectivity index (χ0) is 13.0. The van der Waals surface area contributed by atoms with Gasteiger partial charge in [-0.15, -0.1) is 0 Å². The Morgan fingerprint density at radius 2 is 2.44 bits per heavy atom. The molecular weight excluding hydrogens is 250 g/mol. The molecule has 0 saturated carbocycles. The smallest absolute Gasteiger partial charge is 0.197 e. The molecule has 2 aromatic heterocycles. The largest absolute Gasteiger partial charge is 0.487 e. The van der Waals surface area contributed by atoms with Gasteiger partial charge in [-0.3, -0.25) is 4.68 Å². The minimum Gasteiger partial charge on any atom is -0.487 e. The number of anilines is 2. The normalized spacial score (nSPS) is 12.3. The Labute approximate surface area is 110 Å². The van der Waals surface area contributed by atoms with Crippen molar-refractivity contribution in [3.63, 3.8) is 0 Å². The number of nitrogen functional groups attached to an aromatic ring is 1. The van der Waals surface area contributed by atoms with Crippen molar-refractivity contribution in [1.82, 2.24) is 14.2 Å². The van der Waals surface area contributed by atoms with Crippen LogP contribution in [0.1, 0.15) is 13.8 Å². The molecule has 0 aliphatic carbocycles. The summed E-state index contributed by atoms with van der Waals surface area (Å²) in [5.74, 6) is 1.09. The Hall–Kier alpha value is -1.76. The molecule has 3 N–H and O–H groups in total. The van der Waals surface area contributed by atoms with Crippen LogP contribution in [0.3, 0.4) is 0 Å². The summed E-state index contributed by atoms with van der Waals surface area (Å²) in [6, 6.07) is 2.12. The number of hydrogen-bond donors (Lipinski definition) is 2. The molecule has 0 aromatic carbocycles. The highest BCUT2D eigenvalue weighted by Gasteiger charge is 2.14. The topological polar surface area (TPSA) is 78.0 Å². The maximum atomic E-state index is 5.76. The predicted molar refractivity (Wildman–Crippen MR) is 73.0 cm³/mol. The number of nitrogens with two attached hydrogens (primary N) is 1. The van der Waals surface area contributed by atoms with Crippen LogP contribution in [-0.2, 0) is 6.54 Å². The quantitative estimate of drug-likeness (QED) is 0.834. The maximum Gasteiger partial charge on any atom is 0.197 e. The molecule has 0 aliphatic heterocycles. The fourth-order valence-electron chi connectivity index (χ4n) is 1.63. The van der Waals surface area contributed by atoms with E-state index in [1.54, 1.807) is 6.20 Å². The van der Waals surface area contributed by atoms with Gasteiger partial charge >= 0.3 is 0 Å². The third kappa shape index (κ3) is 2.92. The SMILES string of the molecule is CCOc1c(N)nsc1NC(C)Cn1cccn1. The van der Waals surface area contributed by atoms with Gasteiger partial charge in [-0.05, 0) is 31.4 Å². The molecule has 0 aliphatic rings. The summed E-state index contributed by atoms with van der Waals surface area (Å²) in [7, 11) is 0. The number of rotatable bonds is 6. The second-order valence-corrected chi connectivity index (χ2v) is 4.71. The van der Waals surface area contributed by atoms with Crippen molar-refractivity contribution in [2.75, 3.05) is 17.7 Å². The number of ether oxygens (including phenoxy) is 1. The van der Waals surface area contributed by atoms with Gasteiger partial charge in [-0.1, -0.05) is 0 Å². The third-order valence-electron chi connectivity index (χ3n) is 2.36. The van der Waals surface area contributed by atoms with Gasteiger partial charge in [0, 0.05) is 18.4 Å². The van der Waals surface area contributed by atoms with E-state index in [0.29, 0.717) is 18.2 Å². The average Bonchev–Trinajstić information content (AvgIpc) is 2.94. The van der Waals surface area contributed by atoms with Crippen molar-refractivity contribution < 1.29 is 4.74 Å². The van der Waals surface area contributed by atoms with Gasteiger partial charge in [-0.25, -0.2) is 0 Å². The molecule has 1 unspecified atom stereocenters. The Balaban J connectivity index is 2.00. The van der Waals surface area contributed by atoms with E-state index in [0.717, 1.165) is 11.5 Å². The monoisotopic (exact) mass is 267 g/mol. The molecule has 2 heterocycles. The molecule has 2 rings (SSSR count). The molecular formula is C11H17N5OS. The van der Waals surface area contributed by atoms with Gasteiger partial charge in [-0.2, -0.15) is 9.47 Å². The first-order valence-electron chi connectivity index (χ1n) is 5.82. The minimum atomic E-state index is 0.212. The van der Waals surface area contributed by atoms with Crippen LogP contribution in [0.5, 0.6) is 5.75 Å². The van der Waals surface area contributed by atoms with Crippen molar-refractivity contribution in [3.8, 4) is 5.75 Å². The first kappa shape index (κ1) is 12.7. The lowest BCUT2D eigenvalue weighted by molar-refractivity contribution is 0.344. The minimum absolute atomic E-state index is 0.212. The summed E-state index contributed by atoms with van der Waals surface area (Å²) in [5.41, 5.74) is 5.76. The number of hydrogen-bond acceptors (Lipinski definition) is 6. The maximum absolute atomic E-state index is 5.76. The fourth-order valence-corrected chi connectivity index (χ4v) is 2.40. The number of nitrogens with one attached hydrogen (secondary N) is 1. The van der Waals surface area contributed by atoms with Crippen LogP contribution in [0.25, 0.3) is 0 Å². The van der Waals surface area contributed by atoms with Gasteiger partial charge in [0.05, 0.1) is 13.2 Å². The summed E-state index contributed by atoms with van der Waals surface area (Å²) < 4.78 is 11.5. The molecule has 7 heteroatoms. The van der Waals surface area contributed by atoms with Crippen LogP contribution in [0, 0.1) is 0 Å². The lowest BCUT2D eigenvalue weighted by Gasteiger charge is -2.14. The van der Waals surface area contributed by atoms with Crippen molar-refractivity contribution in [2.24, 2.45) is 0 Å². The molecule has 2 aromatic rings. The van der Waals surface area contributed by atoms with E-state index in [9.17, 15) is 0 Å². The molecule has 0 radical (unpaired) electrons. The van der Waals surface area contributed by atoms with Gasteiger partial charge in [0.1, 0.15) is 0 Å². The van der Waals surface area contributed by atoms with Crippen molar-refractivity contribution >= 4 is 22.4 Å². The van der Waals surface area contributed by atoms with E-state index in [-0.39, 0.29) is 6.04 Å². The second kappa shape index (κ2) is 5.72. The molecule has 98 valence electrons. The summed E-state index contributed by atoms with van der Waals surface area (Å²) in [6.45, 7) is 5.35. The second-order valence-electron chi connectivity index (χ2n) is 3.93. The highest BCUT2D eigenvalue weighted by Crippen LogP contribution is 2.35. The zero-order valence-electron chi connectivity index (χ0n) is 10.5. The Morgan fingerprint density at radius 1 is 1.61 bits per heavy atom. The van der Waals surface area contributed by atoms with Crippen LogP contribution in [-0.4, -0.2) is 26.8 Å². The van der Waals surface area contributed by atoms with E-state index in [1.165, 1.54) is 11.5 Å². The third-order valence-corrected chi connectivity index (χ3v) is 3.13. The molecule has 0 spiro atoms. The van der Waals surface area contributed by atoms with E-state index >= 15 is 0 Å². The van der Waals surface area contributed by atoms with Crippen LogP contribution in [0.2, 0.25) is 0 Å². The number of nitrogens with zero attached hydrogens (tertiary/aromatic N) is 3. The first-order valence-corrected chi connectivity index (χ1v) is 6.60. The Kier molecular flexibility index (Phi) is 4.03. The Bertz CT molecular complexity index is 482. The predicted octanol–water partition coefficient (Wildman–Crippen LogP) is 1.82. The fraction of sp³-hybridized carbons (Fsp3) is 0.455. The lowest BCUT2D eigenvalue weighted by Crippen LogP contribution is -2.22. The molecule has 1 atom stereocenters. The molecule has 6 nitrogen and oxygen atoms in total. The summed E-state index contributed by atoms with van der Waals surface area (Å²) in [4.78, 5) is 0. The Morgan fingerprint density at radius 3 is 3.11 bits per heavy atom. The van der Waals surface area contributed by atoms with Crippen LogP contribution in [0.15, 0.2) is 18.5 Å². The zero-order valence-corrected chi connectivity index (χ0v) is 11.3. The highest BCUT2D eigenvalue weighted by atomic mass is 32.1. The van der Waals surface area contributed by atoms with E-state index < -0.39 is 0 Å². The summed E-state index contributed by atoms with van der Waals surface area (Å²) in [5, 5.41) is 8.38. The van der Waals surface area contributed by atoms with Gasteiger partial charge in [0.15, 0.2) is 16.6 Å². The molecule has 18 heavy (non-hydrogen) atoms. The molecule has 0 saturated heterocycles. The molecule has 0 amide bonds. The number of aromatic nitrogens is 3. The highest BCUT2D eigenvalue weighted by molar-refractivity contribution is 7.11. The average molecular weight is 267 g/mol. The van der Waals surface area contributed by atoms with Crippen LogP contribution in [0.4, 0.5) is 10.8 Å². The van der Waals surface area contributed by atoms with E-state index in [2.05, 4.69) is 21.7 Å². The van der Waals surface area contributed by atoms with Crippen molar-refractivity contribution in [3.05, 3.63) is 18.5 Å².